The highest BCUT2D eigenvalue weighted by Crippen LogP contribution is 2.18. The molecular formula is C17H21N5O2. The van der Waals surface area contributed by atoms with Gasteiger partial charge >= 0.3 is 6.09 Å². The van der Waals surface area contributed by atoms with Gasteiger partial charge in [0.25, 0.3) is 0 Å². The van der Waals surface area contributed by atoms with E-state index in [1.165, 1.54) is 5.39 Å². The second-order valence-corrected chi connectivity index (χ2v) is 5.73. The summed E-state index contributed by atoms with van der Waals surface area (Å²) in [6, 6.07) is 8.34. The molecule has 1 amide bonds. The van der Waals surface area contributed by atoms with Gasteiger partial charge < -0.3 is 25.3 Å². The van der Waals surface area contributed by atoms with Crippen LogP contribution in [0, 0.1) is 0 Å². The van der Waals surface area contributed by atoms with Crippen molar-refractivity contribution in [3.05, 3.63) is 54.2 Å². The fraction of sp³-hybridized carbons (Fsp3) is 0.294. The number of aromatic nitrogens is 3. The Morgan fingerprint density at radius 2 is 2.21 bits per heavy atom. The van der Waals surface area contributed by atoms with Crippen molar-refractivity contribution in [2.24, 2.45) is 5.73 Å². The molecule has 0 atom stereocenters. The number of rotatable bonds is 7. The highest BCUT2D eigenvalue weighted by molar-refractivity contribution is 5.80. The molecule has 24 heavy (non-hydrogen) atoms. The second-order valence-electron chi connectivity index (χ2n) is 5.73. The van der Waals surface area contributed by atoms with Crippen LogP contribution in [0.5, 0.6) is 0 Å². The first-order valence-electron chi connectivity index (χ1n) is 7.91. The molecule has 0 aliphatic heterocycles. The van der Waals surface area contributed by atoms with E-state index in [2.05, 4.69) is 39.3 Å². The van der Waals surface area contributed by atoms with Gasteiger partial charge in [-0.05, 0) is 29.5 Å². The van der Waals surface area contributed by atoms with Crippen molar-refractivity contribution < 1.29 is 9.90 Å². The summed E-state index contributed by atoms with van der Waals surface area (Å²) in [5.41, 5.74) is 8.96. The van der Waals surface area contributed by atoms with E-state index >= 15 is 0 Å². The summed E-state index contributed by atoms with van der Waals surface area (Å²) in [5.74, 6) is 0. The molecule has 0 bridgehead atoms. The largest absolute Gasteiger partial charge is 0.465 e. The van der Waals surface area contributed by atoms with Crippen molar-refractivity contribution in [2.75, 3.05) is 6.54 Å². The number of aryl methyl sites for hydroxylation is 1. The fourth-order valence-corrected chi connectivity index (χ4v) is 2.74. The standard InChI is InChI=1S/C17H21N5O2/c18-9-13-2-3-14-4-7-22(16(14)8-13)11-15-10-21(12-20-15)6-1-5-19-17(23)24/h2-4,7-8,10,12,19H,1,5-6,9,11,18H2,(H,23,24). The Kier molecular flexibility index (Phi) is 4.81. The van der Waals surface area contributed by atoms with Gasteiger partial charge in [-0.15, -0.1) is 0 Å². The predicted octanol–water partition coefficient (Wildman–Crippen LogP) is 2.00. The van der Waals surface area contributed by atoms with Crippen LogP contribution in [0.25, 0.3) is 10.9 Å². The van der Waals surface area contributed by atoms with Crippen molar-refractivity contribution in [1.82, 2.24) is 19.4 Å². The van der Waals surface area contributed by atoms with E-state index in [1.807, 2.05) is 16.8 Å². The number of nitrogens with two attached hydrogens (primary N) is 1. The van der Waals surface area contributed by atoms with E-state index in [4.69, 9.17) is 10.8 Å². The highest BCUT2D eigenvalue weighted by atomic mass is 16.4. The van der Waals surface area contributed by atoms with E-state index in [0.29, 0.717) is 19.6 Å². The average Bonchev–Trinajstić information content (AvgIpc) is 3.18. The van der Waals surface area contributed by atoms with Crippen molar-refractivity contribution in [2.45, 2.75) is 26.1 Å². The van der Waals surface area contributed by atoms with Gasteiger partial charge in [-0.3, -0.25) is 0 Å². The molecule has 0 radical (unpaired) electrons. The molecule has 4 N–H and O–H groups in total. The maximum absolute atomic E-state index is 10.4. The van der Waals surface area contributed by atoms with Crippen LogP contribution in [0.15, 0.2) is 43.0 Å². The molecule has 0 unspecified atom stereocenters. The molecule has 2 heterocycles. The van der Waals surface area contributed by atoms with E-state index in [1.54, 1.807) is 6.33 Å². The normalized spacial score (nSPS) is 11.0. The number of hydrogen-bond donors (Lipinski definition) is 3. The molecule has 3 aromatic rings. The molecule has 0 fully saturated rings. The molecule has 1 aromatic carbocycles. The summed E-state index contributed by atoms with van der Waals surface area (Å²) in [4.78, 5) is 14.8. The first-order chi connectivity index (χ1) is 11.7. The number of hydrogen-bond acceptors (Lipinski definition) is 3. The van der Waals surface area contributed by atoms with Gasteiger partial charge in [0.2, 0.25) is 0 Å². The van der Waals surface area contributed by atoms with Gasteiger partial charge in [-0.2, -0.15) is 0 Å². The number of nitrogens with one attached hydrogen (secondary N) is 1. The first-order valence-corrected chi connectivity index (χ1v) is 7.91. The Labute approximate surface area is 139 Å². The SMILES string of the molecule is NCc1ccc2ccn(Cc3cn(CCCNC(=O)O)cn3)c2c1. The molecule has 0 aliphatic rings. The van der Waals surface area contributed by atoms with Crippen LogP contribution in [-0.4, -0.2) is 31.9 Å². The molecule has 0 saturated heterocycles. The molecule has 7 heteroatoms. The van der Waals surface area contributed by atoms with Crippen molar-refractivity contribution in [3.63, 3.8) is 0 Å². The Balaban J connectivity index is 1.65. The number of nitrogens with zero attached hydrogens (tertiary/aromatic N) is 3. The number of amides is 1. The monoisotopic (exact) mass is 327 g/mol. The number of fused-ring (bicyclic) bond motifs is 1. The van der Waals surface area contributed by atoms with Gasteiger partial charge in [0.05, 0.1) is 18.6 Å². The zero-order valence-electron chi connectivity index (χ0n) is 13.4. The van der Waals surface area contributed by atoms with E-state index in [9.17, 15) is 4.79 Å². The third kappa shape index (κ3) is 3.75. The smallest absolute Gasteiger partial charge is 0.404 e. The average molecular weight is 327 g/mol. The van der Waals surface area contributed by atoms with Crippen LogP contribution in [0.3, 0.4) is 0 Å². The van der Waals surface area contributed by atoms with Gasteiger partial charge in [-0.25, -0.2) is 9.78 Å². The predicted molar refractivity (Wildman–Crippen MR) is 91.8 cm³/mol. The lowest BCUT2D eigenvalue weighted by atomic mass is 10.1. The van der Waals surface area contributed by atoms with E-state index < -0.39 is 6.09 Å². The number of carboxylic acid groups (broad SMARTS) is 1. The summed E-state index contributed by atoms with van der Waals surface area (Å²) in [5, 5.41) is 12.1. The Hall–Kier alpha value is -2.80. The maximum Gasteiger partial charge on any atom is 0.404 e. The van der Waals surface area contributed by atoms with Crippen LogP contribution in [0.4, 0.5) is 4.79 Å². The number of carbonyl (C=O) groups is 1. The summed E-state index contributed by atoms with van der Waals surface area (Å²) in [6.45, 7) is 2.39. The summed E-state index contributed by atoms with van der Waals surface area (Å²) in [6.07, 6.45) is 5.58. The lowest BCUT2D eigenvalue weighted by molar-refractivity contribution is 0.194. The van der Waals surface area contributed by atoms with Crippen molar-refractivity contribution in [3.8, 4) is 0 Å². The second kappa shape index (κ2) is 7.18. The highest BCUT2D eigenvalue weighted by Gasteiger charge is 2.05. The van der Waals surface area contributed by atoms with E-state index in [0.717, 1.165) is 29.7 Å². The summed E-state index contributed by atoms with van der Waals surface area (Å²) >= 11 is 0. The van der Waals surface area contributed by atoms with E-state index in [-0.39, 0.29) is 0 Å². The van der Waals surface area contributed by atoms with Crippen LogP contribution in [0.2, 0.25) is 0 Å². The third-order valence-corrected chi connectivity index (χ3v) is 3.96. The Morgan fingerprint density at radius 1 is 1.33 bits per heavy atom. The van der Waals surface area contributed by atoms with Crippen LogP contribution >= 0.6 is 0 Å². The summed E-state index contributed by atoms with van der Waals surface area (Å²) < 4.78 is 4.14. The zero-order chi connectivity index (χ0) is 16.9. The molecule has 0 aliphatic carbocycles. The fourth-order valence-electron chi connectivity index (χ4n) is 2.74. The van der Waals surface area contributed by atoms with Gasteiger partial charge in [0, 0.05) is 37.5 Å². The molecular weight excluding hydrogens is 306 g/mol. The minimum Gasteiger partial charge on any atom is -0.465 e. The topological polar surface area (TPSA) is 98.1 Å². The molecule has 3 rings (SSSR count). The molecule has 0 spiro atoms. The minimum absolute atomic E-state index is 0.437. The van der Waals surface area contributed by atoms with Gasteiger partial charge in [-0.1, -0.05) is 12.1 Å². The van der Waals surface area contributed by atoms with Crippen LogP contribution in [0.1, 0.15) is 17.7 Å². The lowest BCUT2D eigenvalue weighted by Gasteiger charge is -2.05. The third-order valence-electron chi connectivity index (χ3n) is 3.96. The maximum atomic E-state index is 10.4. The zero-order valence-corrected chi connectivity index (χ0v) is 13.4. The van der Waals surface area contributed by atoms with Gasteiger partial charge in [0.15, 0.2) is 0 Å². The molecule has 2 aromatic heterocycles. The molecule has 126 valence electrons. The summed E-state index contributed by atoms with van der Waals surface area (Å²) in [7, 11) is 0. The quantitative estimate of drug-likeness (QED) is 0.578. The molecule has 0 saturated carbocycles. The van der Waals surface area contributed by atoms with Crippen molar-refractivity contribution >= 4 is 17.0 Å². The lowest BCUT2D eigenvalue weighted by Crippen LogP contribution is -2.22. The van der Waals surface area contributed by atoms with Crippen LogP contribution < -0.4 is 11.1 Å². The first kappa shape index (κ1) is 16.1. The Morgan fingerprint density at radius 3 is 3.00 bits per heavy atom. The van der Waals surface area contributed by atoms with Crippen LogP contribution in [-0.2, 0) is 19.6 Å². The van der Waals surface area contributed by atoms with Crippen molar-refractivity contribution in [1.29, 1.82) is 0 Å². The van der Waals surface area contributed by atoms with Gasteiger partial charge in [0.1, 0.15) is 0 Å². The number of imidazole rings is 1. The minimum atomic E-state index is -0.988. The Bertz CT molecular complexity index is 836. The molecule has 7 nitrogen and oxygen atoms in total. The number of benzene rings is 1.